The normalized spacial score (nSPS) is 38.7. The van der Waals surface area contributed by atoms with E-state index < -0.39 is 0 Å². The third-order valence-corrected chi connectivity index (χ3v) is 5.43. The average molecular weight is 265 g/mol. The van der Waals surface area contributed by atoms with Gasteiger partial charge in [0.25, 0.3) is 0 Å². The van der Waals surface area contributed by atoms with Gasteiger partial charge in [-0.25, -0.2) is 0 Å². The lowest BCUT2D eigenvalue weighted by Crippen LogP contribution is -2.54. The highest BCUT2D eigenvalue weighted by atomic mass is 15.2. The molecule has 3 fully saturated rings. The second kappa shape index (κ2) is 6.55. The molecule has 3 heterocycles. The molecule has 3 saturated heterocycles. The summed E-state index contributed by atoms with van der Waals surface area (Å²) in [5, 5.41) is 3.63. The van der Waals surface area contributed by atoms with Crippen LogP contribution < -0.4 is 5.32 Å². The van der Waals surface area contributed by atoms with Gasteiger partial charge in [-0.05, 0) is 70.1 Å². The van der Waals surface area contributed by atoms with Gasteiger partial charge < -0.3 is 10.2 Å². The zero-order chi connectivity index (χ0) is 13.1. The summed E-state index contributed by atoms with van der Waals surface area (Å²) in [7, 11) is 0. The maximum atomic E-state index is 3.63. The molecule has 3 nitrogen and oxygen atoms in total. The van der Waals surface area contributed by atoms with Crippen molar-refractivity contribution in [3.05, 3.63) is 0 Å². The molecule has 3 aliphatic rings. The van der Waals surface area contributed by atoms with Crippen LogP contribution in [0.25, 0.3) is 0 Å². The van der Waals surface area contributed by atoms with E-state index in [-0.39, 0.29) is 0 Å². The Balaban J connectivity index is 1.56. The summed E-state index contributed by atoms with van der Waals surface area (Å²) in [6, 6.07) is 0.813. The smallest absolute Gasteiger partial charge is 0.0261 e. The van der Waals surface area contributed by atoms with Gasteiger partial charge in [0.15, 0.2) is 0 Å². The van der Waals surface area contributed by atoms with Crippen LogP contribution in [0.3, 0.4) is 0 Å². The number of hydrogen-bond donors (Lipinski definition) is 1. The molecule has 0 amide bonds. The predicted octanol–water partition coefficient (Wildman–Crippen LogP) is 1.79. The lowest BCUT2D eigenvalue weighted by Gasteiger charge is -2.42. The molecule has 0 saturated carbocycles. The van der Waals surface area contributed by atoms with Crippen LogP contribution >= 0.6 is 0 Å². The zero-order valence-electron chi connectivity index (χ0n) is 12.6. The Morgan fingerprint density at radius 3 is 2.68 bits per heavy atom. The first-order valence-electron chi connectivity index (χ1n) is 8.50. The van der Waals surface area contributed by atoms with Gasteiger partial charge in [-0.3, -0.25) is 4.90 Å². The van der Waals surface area contributed by atoms with E-state index in [1.54, 1.807) is 0 Å². The van der Waals surface area contributed by atoms with Gasteiger partial charge in [-0.15, -0.1) is 0 Å². The summed E-state index contributed by atoms with van der Waals surface area (Å²) < 4.78 is 0. The first-order valence-corrected chi connectivity index (χ1v) is 8.50. The highest BCUT2D eigenvalue weighted by molar-refractivity contribution is 4.89. The fourth-order valence-electron chi connectivity index (χ4n) is 4.39. The first kappa shape index (κ1) is 13.8. The van der Waals surface area contributed by atoms with Crippen LogP contribution in [0.5, 0.6) is 0 Å². The monoisotopic (exact) mass is 265 g/mol. The van der Waals surface area contributed by atoms with Crippen molar-refractivity contribution in [3.63, 3.8) is 0 Å². The largest absolute Gasteiger partial charge is 0.315 e. The Morgan fingerprint density at radius 1 is 1.05 bits per heavy atom. The van der Waals surface area contributed by atoms with E-state index in [1.807, 2.05) is 0 Å². The van der Waals surface area contributed by atoms with Crippen molar-refractivity contribution in [2.45, 2.75) is 45.1 Å². The average Bonchev–Trinajstić information content (AvgIpc) is 2.93. The lowest BCUT2D eigenvalue weighted by molar-refractivity contribution is 0.0848. The fourth-order valence-corrected chi connectivity index (χ4v) is 4.39. The van der Waals surface area contributed by atoms with Crippen molar-refractivity contribution in [2.75, 3.05) is 45.8 Å². The van der Waals surface area contributed by atoms with Gasteiger partial charge in [-0.1, -0.05) is 6.92 Å². The van der Waals surface area contributed by atoms with E-state index in [1.165, 1.54) is 77.9 Å². The maximum Gasteiger partial charge on any atom is 0.0261 e. The van der Waals surface area contributed by atoms with Crippen molar-refractivity contribution in [3.8, 4) is 0 Å². The van der Waals surface area contributed by atoms with Crippen molar-refractivity contribution in [2.24, 2.45) is 11.8 Å². The second-order valence-corrected chi connectivity index (χ2v) is 7.07. The molecule has 110 valence electrons. The third kappa shape index (κ3) is 3.50. The highest BCUT2D eigenvalue weighted by Crippen LogP contribution is 2.25. The lowest BCUT2D eigenvalue weighted by atomic mass is 9.89. The molecular formula is C16H31N3. The molecule has 19 heavy (non-hydrogen) atoms. The Bertz CT molecular complexity index is 275. The second-order valence-electron chi connectivity index (χ2n) is 7.07. The Labute approximate surface area is 118 Å². The van der Waals surface area contributed by atoms with Gasteiger partial charge >= 0.3 is 0 Å². The molecule has 0 spiro atoms. The summed E-state index contributed by atoms with van der Waals surface area (Å²) in [4.78, 5) is 5.53. The number of likely N-dealkylation sites (tertiary alicyclic amines) is 2. The molecule has 3 aliphatic heterocycles. The minimum absolute atomic E-state index is 0.813. The molecule has 0 bridgehead atoms. The summed E-state index contributed by atoms with van der Waals surface area (Å²) in [5.74, 6) is 1.82. The van der Waals surface area contributed by atoms with Crippen LogP contribution in [0.4, 0.5) is 0 Å². The summed E-state index contributed by atoms with van der Waals surface area (Å²) in [6.07, 6.45) is 7.08. The molecule has 3 unspecified atom stereocenters. The molecule has 0 aromatic heterocycles. The highest BCUT2D eigenvalue weighted by Gasteiger charge is 2.33. The molecule has 3 heteroatoms. The summed E-state index contributed by atoms with van der Waals surface area (Å²) in [5.41, 5.74) is 0. The molecule has 0 radical (unpaired) electrons. The van der Waals surface area contributed by atoms with Crippen molar-refractivity contribution < 1.29 is 0 Å². The molecule has 0 aromatic rings. The van der Waals surface area contributed by atoms with E-state index in [0.717, 1.165) is 17.9 Å². The van der Waals surface area contributed by atoms with Crippen LogP contribution in [0.1, 0.15) is 39.0 Å². The van der Waals surface area contributed by atoms with Crippen molar-refractivity contribution in [1.82, 2.24) is 15.1 Å². The van der Waals surface area contributed by atoms with E-state index >= 15 is 0 Å². The fraction of sp³-hybridized carbons (Fsp3) is 1.00. The number of nitrogens with zero attached hydrogens (tertiary/aromatic N) is 2. The molecule has 3 atom stereocenters. The Morgan fingerprint density at radius 2 is 1.89 bits per heavy atom. The first-order chi connectivity index (χ1) is 9.33. The molecule has 0 aliphatic carbocycles. The Kier molecular flexibility index (Phi) is 4.78. The van der Waals surface area contributed by atoms with Gasteiger partial charge in [0.2, 0.25) is 0 Å². The minimum atomic E-state index is 0.813. The molecular weight excluding hydrogens is 234 g/mol. The number of nitrogens with one attached hydrogen (secondary N) is 1. The van der Waals surface area contributed by atoms with Gasteiger partial charge in [0.1, 0.15) is 0 Å². The predicted molar refractivity (Wildman–Crippen MR) is 80.4 cm³/mol. The minimum Gasteiger partial charge on any atom is -0.315 e. The van der Waals surface area contributed by atoms with Gasteiger partial charge in [0, 0.05) is 25.7 Å². The summed E-state index contributed by atoms with van der Waals surface area (Å²) in [6.45, 7) is 11.6. The SMILES string of the molecule is CC1CCCN(CC2CCNCC2N2CCCC2)C1. The van der Waals surface area contributed by atoms with Crippen LogP contribution in [-0.4, -0.2) is 61.7 Å². The van der Waals surface area contributed by atoms with Crippen molar-refractivity contribution >= 4 is 0 Å². The number of piperidine rings is 2. The van der Waals surface area contributed by atoms with Crippen LogP contribution in [0, 0.1) is 11.8 Å². The molecule has 3 rings (SSSR count). The van der Waals surface area contributed by atoms with E-state index in [4.69, 9.17) is 0 Å². The van der Waals surface area contributed by atoms with E-state index in [0.29, 0.717) is 0 Å². The van der Waals surface area contributed by atoms with Crippen LogP contribution in [-0.2, 0) is 0 Å². The quantitative estimate of drug-likeness (QED) is 0.839. The third-order valence-electron chi connectivity index (χ3n) is 5.43. The topological polar surface area (TPSA) is 18.5 Å². The number of rotatable bonds is 3. The standard InChI is InChI=1S/C16H31N3/c1-14-5-4-8-18(12-14)13-15-6-7-17-11-16(15)19-9-2-3-10-19/h14-17H,2-13H2,1H3. The van der Waals surface area contributed by atoms with Gasteiger partial charge in [-0.2, -0.15) is 0 Å². The molecule has 0 aromatic carbocycles. The van der Waals surface area contributed by atoms with Crippen LogP contribution in [0.15, 0.2) is 0 Å². The van der Waals surface area contributed by atoms with E-state index in [2.05, 4.69) is 22.0 Å². The van der Waals surface area contributed by atoms with Crippen molar-refractivity contribution in [1.29, 1.82) is 0 Å². The number of hydrogen-bond acceptors (Lipinski definition) is 3. The Hall–Kier alpha value is -0.120. The zero-order valence-corrected chi connectivity index (χ0v) is 12.6. The molecule has 1 N–H and O–H groups in total. The summed E-state index contributed by atoms with van der Waals surface area (Å²) >= 11 is 0. The van der Waals surface area contributed by atoms with Gasteiger partial charge in [0.05, 0.1) is 0 Å². The van der Waals surface area contributed by atoms with Crippen LogP contribution in [0.2, 0.25) is 0 Å². The van der Waals surface area contributed by atoms with E-state index in [9.17, 15) is 0 Å². The maximum absolute atomic E-state index is 3.63.